The van der Waals surface area contributed by atoms with Crippen LogP contribution in [0.1, 0.15) is 18.6 Å². The summed E-state index contributed by atoms with van der Waals surface area (Å²) in [6.07, 6.45) is -3.10. The molecule has 0 spiro atoms. The molecular weight excluding hydrogens is 248 g/mol. The first-order valence-corrected chi connectivity index (χ1v) is 5.11. The molecule has 0 radical (unpaired) electrons. The number of carbonyl (C=O) groups excluding carboxylic acids is 1. The maximum Gasteiger partial charge on any atom is 0.216 e. The lowest BCUT2D eigenvalue weighted by molar-refractivity contribution is -0.119. The topological polar surface area (TPSA) is 89.8 Å². The lowest BCUT2D eigenvalue weighted by atomic mass is 10.0. The average molecular weight is 261 g/mol. The van der Waals surface area contributed by atoms with Gasteiger partial charge in [0, 0.05) is 25.1 Å². The second kappa shape index (κ2) is 5.74. The molecule has 5 nitrogen and oxygen atoms in total. The minimum atomic E-state index is -1.65. The van der Waals surface area contributed by atoms with Gasteiger partial charge in [-0.05, 0) is 6.07 Å². The average Bonchev–Trinajstić information content (AvgIpc) is 2.29. The third kappa shape index (κ3) is 3.38. The third-order valence-corrected chi connectivity index (χ3v) is 2.31. The lowest BCUT2D eigenvalue weighted by Crippen LogP contribution is -2.34. The smallest absolute Gasteiger partial charge is 0.216 e. The van der Waals surface area contributed by atoms with E-state index in [2.05, 4.69) is 5.32 Å². The van der Waals surface area contributed by atoms with Gasteiger partial charge >= 0.3 is 0 Å². The predicted molar refractivity (Wildman–Crippen MR) is 57.7 cm³/mol. The summed E-state index contributed by atoms with van der Waals surface area (Å²) in [4.78, 5) is 10.6. The molecule has 1 rings (SSSR count). The van der Waals surface area contributed by atoms with Crippen LogP contribution in [0.5, 0.6) is 5.75 Å². The van der Waals surface area contributed by atoms with Crippen molar-refractivity contribution >= 4 is 5.91 Å². The van der Waals surface area contributed by atoms with Crippen LogP contribution in [0.25, 0.3) is 0 Å². The van der Waals surface area contributed by atoms with Crippen LogP contribution in [0.2, 0.25) is 0 Å². The number of halogens is 2. The molecule has 1 aromatic rings. The second-order valence-corrected chi connectivity index (χ2v) is 3.77. The van der Waals surface area contributed by atoms with Crippen LogP contribution >= 0.6 is 0 Å². The van der Waals surface area contributed by atoms with Crippen LogP contribution in [-0.2, 0) is 4.79 Å². The van der Waals surface area contributed by atoms with E-state index >= 15 is 0 Å². The molecule has 0 bridgehead atoms. The fourth-order valence-corrected chi connectivity index (χ4v) is 1.36. The van der Waals surface area contributed by atoms with Crippen molar-refractivity contribution < 1.29 is 28.9 Å². The van der Waals surface area contributed by atoms with Gasteiger partial charge in [-0.3, -0.25) is 4.79 Å². The van der Waals surface area contributed by atoms with Gasteiger partial charge in [0.1, 0.15) is 18.0 Å². The largest absolute Gasteiger partial charge is 0.507 e. The predicted octanol–water partition coefficient (Wildman–Crippen LogP) is 0.201. The molecule has 0 aliphatic rings. The van der Waals surface area contributed by atoms with E-state index in [0.29, 0.717) is 12.1 Å². The third-order valence-electron chi connectivity index (χ3n) is 2.31. The summed E-state index contributed by atoms with van der Waals surface area (Å²) in [5, 5.41) is 30.8. The molecule has 0 fully saturated rings. The van der Waals surface area contributed by atoms with E-state index in [4.69, 9.17) is 0 Å². The van der Waals surface area contributed by atoms with Crippen LogP contribution in [0.15, 0.2) is 12.1 Å². The van der Waals surface area contributed by atoms with E-state index in [-0.39, 0.29) is 12.1 Å². The Hall–Kier alpha value is -1.73. The first-order chi connectivity index (χ1) is 8.32. The Labute approximate surface area is 102 Å². The number of aliphatic hydroxyl groups is 2. The molecule has 0 saturated carbocycles. The first kappa shape index (κ1) is 14.3. The summed E-state index contributed by atoms with van der Waals surface area (Å²) in [5.41, 5.74) is -0.355. The Morgan fingerprint density at radius 1 is 1.33 bits per heavy atom. The van der Waals surface area contributed by atoms with Gasteiger partial charge in [-0.15, -0.1) is 0 Å². The molecule has 0 aliphatic heterocycles. The maximum atomic E-state index is 12.9. The molecule has 1 amide bonds. The number of phenols is 1. The number of aromatic hydroxyl groups is 1. The molecule has 2 unspecified atom stereocenters. The molecule has 0 aliphatic carbocycles. The molecule has 0 heterocycles. The minimum Gasteiger partial charge on any atom is -0.507 e. The number of aliphatic hydroxyl groups excluding tert-OH is 2. The van der Waals surface area contributed by atoms with Crippen molar-refractivity contribution in [1.82, 2.24) is 5.32 Å². The molecule has 18 heavy (non-hydrogen) atoms. The van der Waals surface area contributed by atoms with Crippen molar-refractivity contribution in [1.29, 1.82) is 0 Å². The van der Waals surface area contributed by atoms with Gasteiger partial charge < -0.3 is 20.6 Å². The van der Waals surface area contributed by atoms with E-state index in [1.54, 1.807) is 0 Å². The number of hydrogen-bond donors (Lipinski definition) is 4. The Kier molecular flexibility index (Phi) is 4.57. The quantitative estimate of drug-likeness (QED) is 0.623. The Bertz CT molecular complexity index is 453. The zero-order valence-electron chi connectivity index (χ0n) is 9.52. The summed E-state index contributed by atoms with van der Waals surface area (Å²) >= 11 is 0. The molecule has 2 atom stereocenters. The number of nitrogens with one attached hydrogen (secondary N) is 1. The number of amides is 1. The van der Waals surface area contributed by atoms with Crippen molar-refractivity contribution in [3.63, 3.8) is 0 Å². The van der Waals surface area contributed by atoms with Gasteiger partial charge in [0.15, 0.2) is 11.6 Å². The van der Waals surface area contributed by atoms with Gasteiger partial charge in [-0.1, -0.05) is 0 Å². The number of rotatable bonds is 4. The van der Waals surface area contributed by atoms with Crippen molar-refractivity contribution in [2.45, 2.75) is 19.1 Å². The van der Waals surface area contributed by atoms with Crippen molar-refractivity contribution in [3.05, 3.63) is 29.3 Å². The van der Waals surface area contributed by atoms with Crippen LogP contribution in [0, 0.1) is 11.6 Å². The number of phenolic OH excluding ortho intramolecular Hbond substituents is 1. The van der Waals surface area contributed by atoms with Crippen molar-refractivity contribution in [2.75, 3.05) is 6.54 Å². The van der Waals surface area contributed by atoms with E-state index < -0.39 is 35.5 Å². The van der Waals surface area contributed by atoms with Crippen molar-refractivity contribution in [3.8, 4) is 5.75 Å². The molecule has 7 heteroatoms. The highest BCUT2D eigenvalue weighted by Gasteiger charge is 2.23. The van der Waals surface area contributed by atoms with E-state index in [1.807, 2.05) is 0 Å². The van der Waals surface area contributed by atoms with Gasteiger partial charge in [0.05, 0.1) is 0 Å². The van der Waals surface area contributed by atoms with Crippen LogP contribution in [0.4, 0.5) is 8.78 Å². The molecule has 1 aromatic carbocycles. The number of benzene rings is 1. The fourth-order valence-electron chi connectivity index (χ4n) is 1.36. The normalized spacial score (nSPS) is 14.1. The van der Waals surface area contributed by atoms with Gasteiger partial charge in [-0.25, -0.2) is 8.78 Å². The van der Waals surface area contributed by atoms with Gasteiger partial charge in [0.25, 0.3) is 0 Å². The molecule has 0 aromatic heterocycles. The monoisotopic (exact) mass is 261 g/mol. The molecule has 0 saturated heterocycles. The van der Waals surface area contributed by atoms with E-state index in [9.17, 15) is 28.9 Å². The van der Waals surface area contributed by atoms with E-state index in [1.165, 1.54) is 6.92 Å². The Morgan fingerprint density at radius 3 is 2.44 bits per heavy atom. The number of hydrogen-bond acceptors (Lipinski definition) is 4. The van der Waals surface area contributed by atoms with Crippen LogP contribution < -0.4 is 5.32 Å². The second-order valence-electron chi connectivity index (χ2n) is 3.77. The highest BCUT2D eigenvalue weighted by molar-refractivity contribution is 5.72. The fraction of sp³-hybridized carbons (Fsp3) is 0.364. The summed E-state index contributed by atoms with van der Waals surface area (Å²) in [6.45, 7) is 0.934. The SMILES string of the molecule is CC(=O)NCC(O)C(O)c1cc(F)c(F)cc1O. The summed E-state index contributed by atoms with van der Waals surface area (Å²) in [6, 6.07) is 1.09. The van der Waals surface area contributed by atoms with Gasteiger partial charge in [-0.2, -0.15) is 0 Å². The van der Waals surface area contributed by atoms with Crippen LogP contribution in [0.3, 0.4) is 0 Å². The first-order valence-electron chi connectivity index (χ1n) is 5.11. The van der Waals surface area contributed by atoms with Crippen molar-refractivity contribution in [2.24, 2.45) is 0 Å². The summed E-state index contributed by atoms with van der Waals surface area (Å²) in [7, 11) is 0. The Morgan fingerprint density at radius 2 is 1.89 bits per heavy atom. The molecule has 4 N–H and O–H groups in total. The Balaban J connectivity index is 2.86. The summed E-state index contributed by atoms with van der Waals surface area (Å²) in [5.74, 6) is -3.62. The lowest BCUT2D eigenvalue weighted by Gasteiger charge is -2.19. The standard InChI is InChI=1S/C11H13F2NO4/c1-5(15)14-4-10(17)11(18)6-2-7(12)8(13)3-9(6)16/h2-3,10-11,16-18H,4H2,1H3,(H,14,15). The highest BCUT2D eigenvalue weighted by Crippen LogP contribution is 2.28. The minimum absolute atomic E-state index is 0.283. The maximum absolute atomic E-state index is 12.9. The van der Waals surface area contributed by atoms with Gasteiger partial charge in [0.2, 0.25) is 5.91 Å². The molecular formula is C11H13F2NO4. The van der Waals surface area contributed by atoms with Crippen LogP contribution in [-0.4, -0.2) is 33.9 Å². The highest BCUT2D eigenvalue weighted by atomic mass is 19.2. The number of carbonyl (C=O) groups is 1. The molecule has 100 valence electrons. The van der Waals surface area contributed by atoms with E-state index in [0.717, 1.165) is 0 Å². The zero-order chi connectivity index (χ0) is 13.9. The summed E-state index contributed by atoms with van der Waals surface area (Å²) < 4.78 is 25.7. The zero-order valence-corrected chi connectivity index (χ0v) is 9.52.